The molecule has 0 saturated heterocycles. The first kappa shape index (κ1) is 14.6. The molecule has 0 radical (unpaired) electrons. The standard InChI is InChI=1S/C14H16F3N3/c1-18-12(13-8-19-9-20(13)2)7-10-4-3-5-11(6-10)14(15,16)17/h3-6,8-9,12,18H,7H2,1-2H3. The Bertz CT molecular complexity index is 575. The van der Waals surface area contributed by atoms with Crippen LogP contribution in [0.4, 0.5) is 13.2 Å². The van der Waals surface area contributed by atoms with Crippen molar-refractivity contribution in [3.05, 3.63) is 53.6 Å². The first-order valence-electron chi connectivity index (χ1n) is 6.21. The fourth-order valence-electron chi connectivity index (χ4n) is 2.17. The number of likely N-dealkylation sites (N-methyl/N-ethyl adjacent to an activating group) is 1. The molecule has 0 aliphatic rings. The molecule has 20 heavy (non-hydrogen) atoms. The molecule has 0 aliphatic heterocycles. The third kappa shape index (κ3) is 3.19. The van der Waals surface area contributed by atoms with Crippen LogP contribution in [0.3, 0.4) is 0 Å². The highest BCUT2D eigenvalue weighted by Gasteiger charge is 2.30. The molecule has 1 unspecified atom stereocenters. The average Bonchev–Trinajstić information content (AvgIpc) is 2.81. The van der Waals surface area contributed by atoms with E-state index in [-0.39, 0.29) is 6.04 Å². The van der Waals surface area contributed by atoms with Crippen LogP contribution in [0, 0.1) is 0 Å². The van der Waals surface area contributed by atoms with Crippen molar-refractivity contribution in [2.24, 2.45) is 7.05 Å². The third-order valence-electron chi connectivity index (χ3n) is 3.25. The molecule has 1 N–H and O–H groups in total. The van der Waals surface area contributed by atoms with Gasteiger partial charge in [0.15, 0.2) is 0 Å². The number of aromatic nitrogens is 2. The summed E-state index contributed by atoms with van der Waals surface area (Å²) in [6.45, 7) is 0. The molecule has 0 bridgehead atoms. The van der Waals surface area contributed by atoms with E-state index in [1.807, 2.05) is 11.6 Å². The van der Waals surface area contributed by atoms with Gasteiger partial charge in [-0.3, -0.25) is 0 Å². The van der Waals surface area contributed by atoms with Gasteiger partial charge in [0.2, 0.25) is 0 Å². The summed E-state index contributed by atoms with van der Waals surface area (Å²) in [6, 6.07) is 5.35. The highest BCUT2D eigenvalue weighted by atomic mass is 19.4. The van der Waals surface area contributed by atoms with Gasteiger partial charge in [0.1, 0.15) is 0 Å². The van der Waals surface area contributed by atoms with Gasteiger partial charge in [0, 0.05) is 13.2 Å². The molecule has 0 spiro atoms. The van der Waals surface area contributed by atoms with Crippen LogP contribution in [-0.4, -0.2) is 16.6 Å². The molecular weight excluding hydrogens is 267 g/mol. The van der Waals surface area contributed by atoms with Crippen molar-refractivity contribution in [1.29, 1.82) is 0 Å². The van der Waals surface area contributed by atoms with Crippen molar-refractivity contribution < 1.29 is 13.2 Å². The number of rotatable bonds is 4. The van der Waals surface area contributed by atoms with Gasteiger partial charge in [-0.1, -0.05) is 18.2 Å². The molecule has 0 saturated carbocycles. The van der Waals surface area contributed by atoms with E-state index < -0.39 is 11.7 Å². The Morgan fingerprint density at radius 1 is 1.35 bits per heavy atom. The highest BCUT2D eigenvalue weighted by Crippen LogP contribution is 2.30. The molecular formula is C14H16F3N3. The van der Waals surface area contributed by atoms with Crippen LogP contribution in [0.1, 0.15) is 22.9 Å². The Hall–Kier alpha value is -1.82. The first-order valence-corrected chi connectivity index (χ1v) is 6.21. The lowest BCUT2D eigenvalue weighted by atomic mass is 10.0. The first-order chi connectivity index (χ1) is 9.41. The monoisotopic (exact) mass is 283 g/mol. The van der Waals surface area contributed by atoms with E-state index in [4.69, 9.17) is 0 Å². The van der Waals surface area contributed by atoms with Crippen molar-refractivity contribution in [1.82, 2.24) is 14.9 Å². The van der Waals surface area contributed by atoms with Gasteiger partial charge >= 0.3 is 6.18 Å². The molecule has 2 aromatic rings. The molecule has 2 rings (SSSR count). The van der Waals surface area contributed by atoms with Gasteiger partial charge in [-0.15, -0.1) is 0 Å². The summed E-state index contributed by atoms with van der Waals surface area (Å²) < 4.78 is 39.9. The molecule has 1 aromatic carbocycles. The van der Waals surface area contributed by atoms with E-state index in [9.17, 15) is 13.2 Å². The summed E-state index contributed by atoms with van der Waals surface area (Å²) in [5.41, 5.74) is 0.958. The Morgan fingerprint density at radius 2 is 2.10 bits per heavy atom. The van der Waals surface area contributed by atoms with Crippen molar-refractivity contribution in [2.45, 2.75) is 18.6 Å². The zero-order valence-corrected chi connectivity index (χ0v) is 11.3. The van der Waals surface area contributed by atoms with Crippen LogP contribution in [0.5, 0.6) is 0 Å². The van der Waals surface area contributed by atoms with Gasteiger partial charge in [-0.05, 0) is 25.1 Å². The van der Waals surface area contributed by atoms with Gasteiger partial charge in [-0.25, -0.2) is 4.98 Å². The third-order valence-corrected chi connectivity index (χ3v) is 3.25. The minimum Gasteiger partial charge on any atom is -0.336 e. The molecule has 108 valence electrons. The van der Waals surface area contributed by atoms with Crippen molar-refractivity contribution >= 4 is 0 Å². The van der Waals surface area contributed by atoms with Gasteiger partial charge in [-0.2, -0.15) is 13.2 Å². The van der Waals surface area contributed by atoms with Crippen LogP contribution in [-0.2, 0) is 19.6 Å². The van der Waals surface area contributed by atoms with Gasteiger partial charge in [0.05, 0.1) is 23.6 Å². The largest absolute Gasteiger partial charge is 0.416 e. The van der Waals surface area contributed by atoms with Gasteiger partial charge < -0.3 is 9.88 Å². The van der Waals surface area contributed by atoms with Crippen molar-refractivity contribution in [3.8, 4) is 0 Å². The average molecular weight is 283 g/mol. The van der Waals surface area contributed by atoms with Gasteiger partial charge in [0.25, 0.3) is 0 Å². The lowest BCUT2D eigenvalue weighted by Crippen LogP contribution is -2.21. The topological polar surface area (TPSA) is 29.9 Å². The molecule has 6 heteroatoms. The highest BCUT2D eigenvalue weighted by molar-refractivity contribution is 5.27. The van der Waals surface area contributed by atoms with Crippen LogP contribution < -0.4 is 5.32 Å². The zero-order valence-electron chi connectivity index (χ0n) is 11.3. The number of alkyl halides is 3. The van der Waals surface area contributed by atoms with E-state index in [0.29, 0.717) is 12.0 Å². The maximum absolute atomic E-state index is 12.7. The minimum atomic E-state index is -4.31. The summed E-state index contributed by atoms with van der Waals surface area (Å²) in [5.74, 6) is 0. The van der Waals surface area contributed by atoms with E-state index in [1.165, 1.54) is 12.1 Å². The summed E-state index contributed by atoms with van der Waals surface area (Å²) in [6.07, 6.45) is -0.446. The second kappa shape index (κ2) is 5.66. The van der Waals surface area contributed by atoms with Crippen LogP contribution >= 0.6 is 0 Å². The Kier molecular flexibility index (Phi) is 4.13. The van der Waals surface area contributed by atoms with E-state index in [0.717, 1.165) is 11.8 Å². The number of aryl methyl sites for hydroxylation is 1. The summed E-state index contributed by atoms with van der Waals surface area (Å²) >= 11 is 0. The summed E-state index contributed by atoms with van der Waals surface area (Å²) in [4.78, 5) is 4.03. The predicted octanol–water partition coefficient (Wildman–Crippen LogP) is 2.94. The molecule has 1 heterocycles. The molecule has 1 aromatic heterocycles. The maximum Gasteiger partial charge on any atom is 0.416 e. The minimum absolute atomic E-state index is 0.0778. The second-order valence-electron chi connectivity index (χ2n) is 4.67. The number of nitrogens with one attached hydrogen (secondary N) is 1. The SMILES string of the molecule is CNC(Cc1cccc(C(F)(F)F)c1)c1cncn1C. The van der Waals surface area contributed by atoms with Crippen molar-refractivity contribution in [3.63, 3.8) is 0 Å². The number of imidazole rings is 1. The quantitative estimate of drug-likeness (QED) is 0.935. The van der Waals surface area contributed by atoms with E-state index in [1.54, 1.807) is 25.6 Å². The molecule has 0 aliphatic carbocycles. The van der Waals surface area contributed by atoms with Crippen LogP contribution in [0.25, 0.3) is 0 Å². The van der Waals surface area contributed by atoms with Crippen LogP contribution in [0.15, 0.2) is 36.8 Å². The fourth-order valence-corrected chi connectivity index (χ4v) is 2.17. The number of hydrogen-bond donors (Lipinski definition) is 1. The lowest BCUT2D eigenvalue weighted by molar-refractivity contribution is -0.137. The number of benzene rings is 1. The van der Waals surface area contributed by atoms with E-state index >= 15 is 0 Å². The Morgan fingerprint density at radius 3 is 2.65 bits per heavy atom. The molecule has 0 fully saturated rings. The Balaban J connectivity index is 2.23. The van der Waals surface area contributed by atoms with Crippen LogP contribution in [0.2, 0.25) is 0 Å². The normalized spacial score (nSPS) is 13.4. The van der Waals surface area contributed by atoms with E-state index in [2.05, 4.69) is 10.3 Å². The Labute approximate surface area is 115 Å². The molecule has 3 nitrogen and oxygen atoms in total. The number of hydrogen-bond acceptors (Lipinski definition) is 2. The smallest absolute Gasteiger partial charge is 0.336 e. The van der Waals surface area contributed by atoms with Crippen molar-refractivity contribution in [2.75, 3.05) is 7.05 Å². The summed E-state index contributed by atoms with van der Waals surface area (Å²) in [7, 11) is 3.64. The fraction of sp³-hybridized carbons (Fsp3) is 0.357. The molecule has 0 amide bonds. The summed E-state index contributed by atoms with van der Waals surface area (Å²) in [5, 5.41) is 3.11. The lowest BCUT2D eigenvalue weighted by Gasteiger charge is -2.17. The second-order valence-corrected chi connectivity index (χ2v) is 4.67. The number of nitrogens with zero attached hydrogens (tertiary/aromatic N) is 2. The molecule has 1 atom stereocenters. The number of halogens is 3. The maximum atomic E-state index is 12.7. The zero-order chi connectivity index (χ0) is 14.8. The predicted molar refractivity (Wildman–Crippen MR) is 70.2 cm³/mol.